The minimum atomic E-state index is -1.23. The van der Waals surface area contributed by atoms with Crippen LogP contribution in [0.5, 0.6) is 0 Å². The topological polar surface area (TPSA) is 163 Å². The zero-order valence-corrected chi connectivity index (χ0v) is 16.1. The van der Waals surface area contributed by atoms with Crippen LogP contribution in [0.4, 0.5) is 0 Å². The Labute approximate surface area is 205 Å². The fraction of sp³-hybridized carbons (Fsp3) is 0.727. The summed E-state index contributed by atoms with van der Waals surface area (Å²) in [5.41, 5.74) is 0. The highest BCUT2D eigenvalue weighted by Crippen LogP contribution is 1.98. The lowest BCUT2D eigenvalue weighted by Crippen LogP contribution is -2.45. The van der Waals surface area contributed by atoms with Crippen LogP contribution in [-0.2, 0) is 47.7 Å². The van der Waals surface area contributed by atoms with Crippen molar-refractivity contribution in [1.82, 2.24) is 10.6 Å². The van der Waals surface area contributed by atoms with Gasteiger partial charge < -0.3 is 29.6 Å². The normalized spacial score (nSPS) is 10.0. The molecule has 0 spiro atoms. The van der Waals surface area contributed by atoms with Gasteiger partial charge in [0.2, 0.25) is 0 Å². The minimum absolute atomic E-state index is 0. The summed E-state index contributed by atoms with van der Waals surface area (Å²) >= 11 is 0. The van der Waals surface area contributed by atoms with Gasteiger partial charge in [-0.15, -0.1) is 0 Å². The van der Waals surface area contributed by atoms with Gasteiger partial charge in [-0.1, -0.05) is 44.6 Å². The molecule has 0 radical (unpaired) electrons. The summed E-state index contributed by atoms with van der Waals surface area (Å²) in [7, 11) is 1.30. The Bertz CT molecular complexity index is 608. The maximum absolute atomic E-state index is 11.8. The van der Waals surface area contributed by atoms with Gasteiger partial charge in [0.1, 0.15) is 18.6 Å². The Morgan fingerprint density at radius 3 is 1.41 bits per heavy atom. The lowest BCUT2D eigenvalue weighted by Gasteiger charge is -2.15. The maximum atomic E-state index is 11.8. The van der Waals surface area contributed by atoms with E-state index in [2.05, 4.69) is 20.1 Å². The molecule has 12 heteroatoms. The SMILES string of the molecule is C.C.C.C.C.C.COCOC(=O)CC(=O)OC(C)C(=O)NCNC(=O)C(C)OC(=O)CC(C)=O. The van der Waals surface area contributed by atoms with E-state index in [1.165, 1.54) is 27.9 Å². The van der Waals surface area contributed by atoms with E-state index >= 15 is 0 Å². The molecule has 0 aromatic heterocycles. The molecule has 0 aliphatic rings. The highest BCUT2D eigenvalue weighted by Gasteiger charge is 2.21. The molecule has 0 fully saturated rings. The fourth-order valence-corrected chi connectivity index (χ4v) is 1.59. The number of methoxy groups -OCH3 is 1. The van der Waals surface area contributed by atoms with E-state index in [-0.39, 0.29) is 58.0 Å². The van der Waals surface area contributed by atoms with E-state index in [4.69, 9.17) is 9.47 Å². The first-order chi connectivity index (χ1) is 13.1. The predicted molar refractivity (Wildman–Crippen MR) is 131 cm³/mol. The van der Waals surface area contributed by atoms with E-state index in [1.807, 2.05) is 0 Å². The summed E-state index contributed by atoms with van der Waals surface area (Å²) in [6.07, 6.45) is -3.54. The number of hydrogen-bond acceptors (Lipinski definition) is 10. The van der Waals surface area contributed by atoms with Gasteiger partial charge in [0.05, 0.1) is 6.67 Å². The van der Waals surface area contributed by atoms with Crippen LogP contribution in [0.2, 0.25) is 0 Å². The molecule has 2 atom stereocenters. The molecule has 0 rings (SSSR count). The summed E-state index contributed by atoms with van der Waals surface area (Å²) in [4.78, 5) is 68.3. The van der Waals surface area contributed by atoms with Gasteiger partial charge >= 0.3 is 17.9 Å². The zero-order valence-electron chi connectivity index (χ0n) is 16.1. The first-order valence-electron chi connectivity index (χ1n) is 8.15. The quantitative estimate of drug-likeness (QED) is 0.176. The van der Waals surface area contributed by atoms with Crippen LogP contribution >= 0.6 is 0 Å². The van der Waals surface area contributed by atoms with Gasteiger partial charge in [0.15, 0.2) is 19.0 Å². The number of ether oxygens (including phenoxy) is 4. The lowest BCUT2D eigenvalue weighted by molar-refractivity contribution is -0.165. The molecule has 2 N–H and O–H groups in total. The van der Waals surface area contributed by atoms with Crippen LogP contribution < -0.4 is 10.6 Å². The van der Waals surface area contributed by atoms with Crippen molar-refractivity contribution >= 4 is 35.5 Å². The number of ketones is 1. The van der Waals surface area contributed by atoms with Crippen LogP contribution in [0.15, 0.2) is 0 Å². The monoisotopic (exact) mass is 500 g/mol. The highest BCUT2D eigenvalue weighted by molar-refractivity contribution is 5.95. The second-order valence-electron chi connectivity index (χ2n) is 5.50. The van der Waals surface area contributed by atoms with Crippen molar-refractivity contribution in [3.8, 4) is 0 Å². The van der Waals surface area contributed by atoms with Gasteiger partial charge in [-0.2, -0.15) is 0 Å². The average molecular weight is 501 g/mol. The van der Waals surface area contributed by atoms with Gasteiger partial charge in [0, 0.05) is 7.11 Å². The van der Waals surface area contributed by atoms with E-state index < -0.39 is 60.6 Å². The Hall–Kier alpha value is -3.02. The standard InChI is InChI=1S/C16H24N2O10.6CH4/c1-9(19)5-13(21)27-10(2)15(23)17-7-18-16(24)11(3)28-14(22)6-12(20)26-8-25-4;;;;;;/h10-11H,5-8H2,1-4H3,(H,17,23)(H,18,24);6*1H4. The van der Waals surface area contributed by atoms with E-state index in [1.54, 1.807) is 0 Å². The molecule has 34 heavy (non-hydrogen) atoms. The second kappa shape index (κ2) is 26.2. The number of amides is 2. The second-order valence-corrected chi connectivity index (χ2v) is 5.50. The first-order valence-corrected chi connectivity index (χ1v) is 8.15. The van der Waals surface area contributed by atoms with E-state index in [0.29, 0.717) is 0 Å². The Kier molecular flexibility index (Phi) is 37.4. The lowest BCUT2D eigenvalue weighted by atomic mass is 10.3. The van der Waals surface area contributed by atoms with Crippen LogP contribution in [0, 0.1) is 0 Å². The molecule has 206 valence electrons. The Morgan fingerprint density at radius 2 is 1.06 bits per heavy atom. The molecule has 0 heterocycles. The van der Waals surface area contributed by atoms with Gasteiger partial charge in [-0.3, -0.25) is 28.8 Å². The molecule has 2 unspecified atom stereocenters. The van der Waals surface area contributed by atoms with Crippen molar-refractivity contribution in [1.29, 1.82) is 0 Å². The third-order valence-electron chi connectivity index (χ3n) is 2.90. The van der Waals surface area contributed by atoms with Crippen molar-refractivity contribution in [2.24, 2.45) is 0 Å². The summed E-state index contributed by atoms with van der Waals surface area (Å²) in [6.45, 7) is 3.12. The van der Waals surface area contributed by atoms with Crippen molar-refractivity contribution in [3.05, 3.63) is 0 Å². The van der Waals surface area contributed by atoms with Crippen LogP contribution in [0.3, 0.4) is 0 Å². The predicted octanol–water partition coefficient (Wildman–Crippen LogP) is 2.37. The zero-order chi connectivity index (χ0) is 21.7. The molecular weight excluding hydrogens is 452 g/mol. The number of Topliss-reactive ketones (excluding diaryl/α,β-unsaturated/α-hetero) is 1. The van der Waals surface area contributed by atoms with Crippen molar-refractivity contribution in [2.75, 3.05) is 20.6 Å². The van der Waals surface area contributed by atoms with Crippen LogP contribution in [0.1, 0.15) is 78.2 Å². The summed E-state index contributed by atoms with van der Waals surface area (Å²) < 4.78 is 18.5. The highest BCUT2D eigenvalue weighted by atomic mass is 16.7. The van der Waals surface area contributed by atoms with Gasteiger partial charge in [-0.25, -0.2) is 0 Å². The minimum Gasteiger partial charge on any atom is -0.452 e. The van der Waals surface area contributed by atoms with Crippen molar-refractivity contribution in [3.63, 3.8) is 0 Å². The van der Waals surface area contributed by atoms with Crippen molar-refractivity contribution < 1.29 is 47.7 Å². The largest absolute Gasteiger partial charge is 0.452 e. The maximum Gasteiger partial charge on any atom is 0.319 e. The number of rotatable bonds is 12. The summed E-state index contributed by atoms with van der Waals surface area (Å²) in [6, 6.07) is 0. The third kappa shape index (κ3) is 23.6. The molecule has 12 nitrogen and oxygen atoms in total. The van der Waals surface area contributed by atoms with E-state index in [0.717, 1.165) is 0 Å². The number of carbonyl (C=O) groups is 6. The molecule has 0 aromatic carbocycles. The van der Waals surface area contributed by atoms with Crippen LogP contribution in [0.25, 0.3) is 0 Å². The summed E-state index contributed by atoms with van der Waals surface area (Å²) in [5, 5.41) is 4.54. The molecule has 0 aliphatic carbocycles. The molecular formula is C22H48N2O10. The molecule has 0 aromatic rings. The van der Waals surface area contributed by atoms with E-state index in [9.17, 15) is 28.8 Å². The molecule has 0 saturated carbocycles. The molecule has 0 bridgehead atoms. The molecule has 2 amide bonds. The van der Waals surface area contributed by atoms with Crippen molar-refractivity contribution in [2.45, 2.75) is 90.4 Å². The van der Waals surface area contributed by atoms with Gasteiger partial charge in [0.25, 0.3) is 11.8 Å². The summed E-state index contributed by atoms with van der Waals surface area (Å²) in [5.74, 6) is -4.54. The Balaban J connectivity index is -0.000000243. The average Bonchev–Trinajstić information content (AvgIpc) is 2.58. The number of carbonyl (C=O) groups excluding carboxylic acids is 6. The Morgan fingerprint density at radius 1 is 0.676 bits per heavy atom. The number of nitrogens with one attached hydrogen (secondary N) is 2. The van der Waals surface area contributed by atoms with Gasteiger partial charge in [-0.05, 0) is 20.8 Å². The third-order valence-corrected chi connectivity index (χ3v) is 2.90. The molecule has 0 aliphatic heterocycles. The first kappa shape index (κ1) is 48.4. The number of esters is 3. The number of hydrogen-bond donors (Lipinski definition) is 2. The fourth-order valence-electron chi connectivity index (χ4n) is 1.59. The smallest absolute Gasteiger partial charge is 0.319 e. The molecule has 0 saturated heterocycles. The van der Waals surface area contributed by atoms with Crippen LogP contribution in [-0.4, -0.2) is 68.3 Å².